The number of carboxylic acids is 1. The zero-order valence-corrected chi connectivity index (χ0v) is 47.5. The third-order valence-electron chi connectivity index (χ3n) is 14.8. The summed E-state index contributed by atoms with van der Waals surface area (Å²) in [6.07, 6.45) is -0.972. The second-order valence-corrected chi connectivity index (χ2v) is 20.6. The fraction of sp³-hybridized carbons (Fsp3) is 0.258. The second-order valence-electron chi connectivity index (χ2n) is 20.3. The third kappa shape index (κ3) is 15.5. The molecular weight excluding hydrogens is 1070 g/mol. The first-order valence-electron chi connectivity index (χ1n) is 27.5. The molecule has 7 aromatic rings. The number of carbonyl (C=O) groups is 7. The van der Waals surface area contributed by atoms with E-state index in [0.717, 1.165) is 22.3 Å². The molecule has 0 spiro atoms. The summed E-state index contributed by atoms with van der Waals surface area (Å²) in [5.41, 5.74) is 8.77. The molecule has 6 atom stereocenters. The van der Waals surface area contributed by atoms with Gasteiger partial charge in [0.25, 0.3) is 0 Å². The minimum absolute atomic E-state index is 0.122. The second kappa shape index (κ2) is 29.6. The van der Waals surface area contributed by atoms with E-state index in [-0.39, 0.29) is 25.0 Å². The summed E-state index contributed by atoms with van der Waals surface area (Å²) in [4.78, 5) is 101. The van der Waals surface area contributed by atoms with Gasteiger partial charge in [0.2, 0.25) is 35.4 Å². The summed E-state index contributed by atoms with van der Waals surface area (Å²) >= 11 is 4.15. The molecule has 0 saturated carbocycles. The van der Waals surface area contributed by atoms with Gasteiger partial charge >= 0.3 is 5.97 Å². The Morgan fingerprint density at radius 2 is 0.880 bits per heavy atom. The van der Waals surface area contributed by atoms with Crippen LogP contribution >= 0.6 is 12.6 Å². The SMILES string of the molecule is CC[C@H](C)[C@H](NC(=O)[C@@H](N)Cc1ccc(OC)cc1)C(=O)N[C@@H](CCC(=O)NC(c1ccccc1)(c1ccccc1)c1ccccc1)C(=O)N[C@@H](CC(=O)NC(c1ccccc1)(c1ccccc1)c1ccccc1)C(=O)N[C@@H](CS)C(=O)O. The predicted molar refractivity (Wildman–Crippen MR) is 322 cm³/mol. The number of aliphatic carboxylic acids is 1. The summed E-state index contributed by atoms with van der Waals surface area (Å²) in [5, 5.41) is 27.2. The van der Waals surface area contributed by atoms with Crippen LogP contribution in [0.5, 0.6) is 5.75 Å². The molecule has 0 saturated heterocycles. The Morgan fingerprint density at radius 1 is 0.506 bits per heavy atom. The van der Waals surface area contributed by atoms with Crippen LogP contribution in [0.25, 0.3) is 0 Å². The molecule has 430 valence electrons. The van der Waals surface area contributed by atoms with Gasteiger partial charge in [0.05, 0.1) is 19.6 Å². The Balaban J connectivity index is 1.25. The van der Waals surface area contributed by atoms with Crippen LogP contribution < -0.4 is 42.4 Å². The van der Waals surface area contributed by atoms with Crippen molar-refractivity contribution in [3.05, 3.63) is 245 Å². The first-order chi connectivity index (χ1) is 40.1. The highest BCUT2D eigenvalue weighted by molar-refractivity contribution is 7.80. The number of hydrogen-bond donors (Lipinski definition) is 9. The standard InChI is InChI=1S/C66H71N7O9S/c1-4-44(2)59(71-60(76)53(67)41-45-35-37-52(82-3)38-36-45)63(79)68-54(39-40-57(74)72-65(46-23-11-5-12-24-46,47-25-13-6-14-26-47)48-27-15-7-16-28-48)61(77)69-55(62(78)70-56(43-83)64(80)81)42-58(75)73-66(49-29-17-8-18-30-49,50-31-19-9-20-32-50)51-33-21-10-22-34-51/h5-38,44,53-56,59,83H,4,39-43,67H2,1-3H3,(H,68,79)(H,69,77)(H,70,78)(H,71,76)(H,72,74)(H,73,75)(H,80,81)/t44-,53-,54-,55-,56-,59-/m0/s1. The van der Waals surface area contributed by atoms with Crippen LogP contribution in [0.15, 0.2) is 206 Å². The maximum absolute atomic E-state index is 15.2. The van der Waals surface area contributed by atoms with Gasteiger partial charge in [0.15, 0.2) is 0 Å². The zero-order chi connectivity index (χ0) is 59.4. The molecule has 0 aliphatic heterocycles. The van der Waals surface area contributed by atoms with Crippen molar-refractivity contribution in [1.82, 2.24) is 31.9 Å². The fourth-order valence-electron chi connectivity index (χ4n) is 10.1. The van der Waals surface area contributed by atoms with E-state index in [4.69, 9.17) is 10.5 Å². The molecule has 17 heteroatoms. The summed E-state index contributed by atoms with van der Waals surface area (Å²) in [5.74, 6) is -6.41. The number of hydrogen-bond acceptors (Lipinski definition) is 10. The summed E-state index contributed by atoms with van der Waals surface area (Å²) < 4.78 is 5.27. The van der Waals surface area contributed by atoms with Crippen molar-refractivity contribution in [3.63, 3.8) is 0 Å². The number of thiol groups is 1. The Labute approximate surface area is 489 Å². The quantitative estimate of drug-likeness (QED) is 0.0180. The van der Waals surface area contributed by atoms with Gasteiger partial charge in [-0.05, 0) is 69.8 Å². The molecular formula is C66H71N7O9S. The smallest absolute Gasteiger partial charge is 0.327 e. The minimum Gasteiger partial charge on any atom is -0.497 e. The van der Waals surface area contributed by atoms with E-state index < -0.39 is 95.0 Å². The number of ether oxygens (including phenoxy) is 1. The molecule has 6 amide bonds. The van der Waals surface area contributed by atoms with Gasteiger partial charge in [-0.25, -0.2) is 4.79 Å². The summed E-state index contributed by atoms with van der Waals surface area (Å²) in [6, 6.07) is 55.6. The van der Waals surface area contributed by atoms with Gasteiger partial charge in [-0.1, -0.05) is 214 Å². The lowest BCUT2D eigenvalue weighted by Gasteiger charge is -2.37. The molecule has 0 heterocycles. The molecule has 0 bridgehead atoms. The molecule has 7 aromatic carbocycles. The van der Waals surface area contributed by atoms with Crippen molar-refractivity contribution in [2.24, 2.45) is 11.7 Å². The van der Waals surface area contributed by atoms with E-state index in [1.54, 1.807) is 31.2 Å². The van der Waals surface area contributed by atoms with E-state index in [1.165, 1.54) is 7.11 Å². The van der Waals surface area contributed by atoms with E-state index in [1.807, 2.05) is 189 Å². The predicted octanol–water partition coefficient (Wildman–Crippen LogP) is 6.95. The molecule has 7 rings (SSSR count). The number of amides is 6. The molecule has 0 unspecified atom stereocenters. The normalized spacial score (nSPS) is 13.5. The highest BCUT2D eigenvalue weighted by Gasteiger charge is 2.42. The number of methoxy groups -OCH3 is 1. The molecule has 16 nitrogen and oxygen atoms in total. The fourth-order valence-corrected chi connectivity index (χ4v) is 10.3. The number of carbonyl (C=O) groups excluding carboxylic acids is 6. The number of nitrogens with one attached hydrogen (secondary N) is 6. The van der Waals surface area contributed by atoms with Crippen molar-refractivity contribution < 1.29 is 43.4 Å². The van der Waals surface area contributed by atoms with Crippen molar-refractivity contribution in [1.29, 1.82) is 0 Å². The van der Waals surface area contributed by atoms with Gasteiger partial charge in [-0.3, -0.25) is 28.8 Å². The first kappa shape index (κ1) is 61.6. The number of benzene rings is 7. The van der Waals surface area contributed by atoms with E-state index in [2.05, 4.69) is 44.5 Å². The molecule has 0 fully saturated rings. The van der Waals surface area contributed by atoms with Gasteiger partial charge in [-0.2, -0.15) is 12.6 Å². The third-order valence-corrected chi connectivity index (χ3v) is 15.1. The van der Waals surface area contributed by atoms with Crippen molar-refractivity contribution >= 4 is 54.0 Å². The minimum atomic E-state index is -1.78. The van der Waals surface area contributed by atoms with E-state index in [9.17, 15) is 33.9 Å². The van der Waals surface area contributed by atoms with Crippen LogP contribution in [0.4, 0.5) is 0 Å². The highest BCUT2D eigenvalue weighted by Crippen LogP contribution is 2.38. The van der Waals surface area contributed by atoms with Crippen LogP contribution in [0.3, 0.4) is 0 Å². The Kier molecular flexibility index (Phi) is 21.9. The van der Waals surface area contributed by atoms with Gasteiger partial charge in [-0.15, -0.1) is 0 Å². The zero-order valence-electron chi connectivity index (χ0n) is 46.6. The highest BCUT2D eigenvalue weighted by atomic mass is 32.1. The molecule has 0 aromatic heterocycles. The van der Waals surface area contributed by atoms with Crippen LogP contribution in [0.1, 0.15) is 78.5 Å². The maximum atomic E-state index is 15.2. The van der Waals surface area contributed by atoms with Crippen LogP contribution in [0.2, 0.25) is 0 Å². The number of carboxylic acid groups (broad SMARTS) is 1. The first-order valence-corrected chi connectivity index (χ1v) is 28.2. The van der Waals surface area contributed by atoms with Gasteiger partial charge in [0.1, 0.15) is 41.0 Å². The Morgan fingerprint density at radius 3 is 1.25 bits per heavy atom. The van der Waals surface area contributed by atoms with E-state index in [0.29, 0.717) is 28.9 Å². The van der Waals surface area contributed by atoms with Crippen LogP contribution in [-0.2, 0) is 51.1 Å². The largest absolute Gasteiger partial charge is 0.497 e. The number of rotatable bonds is 28. The molecule has 9 N–H and O–H groups in total. The van der Waals surface area contributed by atoms with Crippen molar-refractivity contribution in [2.75, 3.05) is 12.9 Å². The lowest BCUT2D eigenvalue weighted by molar-refractivity contribution is -0.142. The average molecular weight is 1140 g/mol. The van der Waals surface area contributed by atoms with E-state index >= 15 is 4.79 Å². The van der Waals surface area contributed by atoms with Crippen molar-refractivity contribution in [2.45, 2.75) is 87.2 Å². The Hall–Kier alpha value is -9.06. The average Bonchev–Trinajstić information content (AvgIpc) is 2.83. The lowest BCUT2D eigenvalue weighted by atomic mass is 9.77. The van der Waals surface area contributed by atoms with Gasteiger partial charge in [0, 0.05) is 12.2 Å². The lowest BCUT2D eigenvalue weighted by Crippen LogP contribution is -2.60. The molecule has 0 radical (unpaired) electrons. The van der Waals surface area contributed by atoms with Gasteiger partial charge < -0.3 is 47.5 Å². The van der Waals surface area contributed by atoms with Crippen LogP contribution in [0, 0.1) is 5.92 Å². The summed E-state index contributed by atoms with van der Waals surface area (Å²) in [6.45, 7) is 3.57. The monoisotopic (exact) mass is 1140 g/mol. The topological polar surface area (TPSA) is 247 Å². The maximum Gasteiger partial charge on any atom is 0.327 e. The summed E-state index contributed by atoms with van der Waals surface area (Å²) in [7, 11) is 1.54. The number of nitrogens with two attached hydrogens (primary N) is 1. The molecule has 0 aliphatic rings. The molecule has 83 heavy (non-hydrogen) atoms. The van der Waals surface area contributed by atoms with Crippen molar-refractivity contribution in [3.8, 4) is 5.75 Å². The molecule has 0 aliphatic carbocycles. The Bertz CT molecular complexity index is 3060. The van der Waals surface area contributed by atoms with Crippen LogP contribution in [-0.4, -0.2) is 89.6 Å².